The van der Waals surface area contributed by atoms with E-state index in [4.69, 9.17) is 4.42 Å². The van der Waals surface area contributed by atoms with Crippen molar-refractivity contribution in [3.05, 3.63) is 23.1 Å². The van der Waals surface area contributed by atoms with Crippen molar-refractivity contribution < 1.29 is 9.21 Å². The molecule has 0 aliphatic carbocycles. The molecule has 0 saturated carbocycles. The van der Waals surface area contributed by atoms with Crippen molar-refractivity contribution in [1.82, 2.24) is 10.3 Å². The van der Waals surface area contributed by atoms with E-state index in [0.717, 1.165) is 29.9 Å². The molecule has 2 rings (SSSR count). The van der Waals surface area contributed by atoms with E-state index < -0.39 is 0 Å². The molecule has 1 aliphatic rings. The minimum atomic E-state index is -0.145. The zero-order valence-electron chi connectivity index (χ0n) is 8.76. The highest BCUT2D eigenvalue weighted by Crippen LogP contribution is 2.12. The first-order chi connectivity index (χ1) is 7.16. The quantitative estimate of drug-likeness (QED) is 0.705. The molecule has 2 heterocycles. The van der Waals surface area contributed by atoms with Gasteiger partial charge in [0.1, 0.15) is 6.26 Å². The Labute approximate surface area is 87.6 Å². The standard InChI is InChI=1S/C10H13N3O2/c1-6-5-15-10(12-6)13-9(14)7(2)8-3-11-4-8/h5,11H,3-4H2,1-2H3,(H,12,13,14). The fraction of sp³-hybridized carbons (Fsp3) is 0.400. The molecule has 80 valence electrons. The van der Waals surface area contributed by atoms with Crippen molar-refractivity contribution in [3.8, 4) is 0 Å². The van der Waals surface area contributed by atoms with Gasteiger partial charge >= 0.3 is 6.01 Å². The van der Waals surface area contributed by atoms with Crippen molar-refractivity contribution in [2.75, 3.05) is 18.4 Å². The van der Waals surface area contributed by atoms with Crippen LogP contribution < -0.4 is 10.6 Å². The number of hydrogen-bond acceptors (Lipinski definition) is 4. The van der Waals surface area contributed by atoms with E-state index in [1.54, 1.807) is 13.8 Å². The molecule has 0 bridgehead atoms. The summed E-state index contributed by atoms with van der Waals surface area (Å²) in [5.74, 6) is -0.145. The lowest BCUT2D eigenvalue weighted by Crippen LogP contribution is -2.36. The predicted octanol–water partition coefficient (Wildman–Crippen LogP) is 0.841. The van der Waals surface area contributed by atoms with Gasteiger partial charge in [0, 0.05) is 18.7 Å². The fourth-order valence-electron chi connectivity index (χ4n) is 1.28. The van der Waals surface area contributed by atoms with Gasteiger partial charge in [0.15, 0.2) is 0 Å². The van der Waals surface area contributed by atoms with Gasteiger partial charge in [0.25, 0.3) is 5.91 Å². The average molecular weight is 207 g/mol. The molecule has 0 radical (unpaired) electrons. The number of nitrogens with one attached hydrogen (secondary N) is 2. The van der Waals surface area contributed by atoms with Gasteiger partial charge in [-0.15, -0.1) is 0 Å². The van der Waals surface area contributed by atoms with E-state index >= 15 is 0 Å². The van der Waals surface area contributed by atoms with Crippen molar-refractivity contribution in [3.63, 3.8) is 0 Å². The number of nitrogens with zero attached hydrogens (tertiary/aromatic N) is 1. The van der Waals surface area contributed by atoms with Gasteiger partial charge < -0.3 is 9.73 Å². The summed E-state index contributed by atoms with van der Waals surface area (Å²) in [6, 6.07) is 0.254. The summed E-state index contributed by atoms with van der Waals surface area (Å²) < 4.78 is 5.04. The van der Waals surface area contributed by atoms with E-state index in [0.29, 0.717) is 0 Å². The van der Waals surface area contributed by atoms with Gasteiger partial charge in [-0.1, -0.05) is 0 Å². The van der Waals surface area contributed by atoms with Crippen LogP contribution in [0.3, 0.4) is 0 Å². The Morgan fingerprint density at radius 3 is 2.80 bits per heavy atom. The second-order valence-electron chi connectivity index (χ2n) is 3.58. The maximum Gasteiger partial charge on any atom is 0.301 e. The van der Waals surface area contributed by atoms with Crippen LogP contribution in [0.2, 0.25) is 0 Å². The zero-order chi connectivity index (χ0) is 10.8. The smallest absolute Gasteiger partial charge is 0.301 e. The van der Waals surface area contributed by atoms with E-state index in [-0.39, 0.29) is 11.9 Å². The highest BCUT2D eigenvalue weighted by Gasteiger charge is 2.17. The van der Waals surface area contributed by atoms with E-state index in [2.05, 4.69) is 15.6 Å². The number of aromatic nitrogens is 1. The predicted molar refractivity (Wildman–Crippen MR) is 55.4 cm³/mol. The maximum atomic E-state index is 11.7. The van der Waals surface area contributed by atoms with Crippen LogP contribution in [0.5, 0.6) is 0 Å². The summed E-state index contributed by atoms with van der Waals surface area (Å²) in [5, 5.41) is 5.70. The van der Waals surface area contributed by atoms with Gasteiger partial charge in [-0.3, -0.25) is 10.1 Å². The van der Waals surface area contributed by atoms with Crippen molar-refractivity contribution in [1.29, 1.82) is 0 Å². The zero-order valence-corrected chi connectivity index (χ0v) is 8.76. The molecule has 1 amide bonds. The molecule has 5 nitrogen and oxygen atoms in total. The summed E-state index contributed by atoms with van der Waals surface area (Å²) >= 11 is 0. The van der Waals surface area contributed by atoms with Crippen LogP contribution in [0.1, 0.15) is 12.6 Å². The molecule has 2 N–H and O–H groups in total. The summed E-state index contributed by atoms with van der Waals surface area (Å²) in [5.41, 5.74) is 2.63. The van der Waals surface area contributed by atoms with Gasteiger partial charge in [-0.05, 0) is 19.4 Å². The maximum absolute atomic E-state index is 11.7. The number of amides is 1. The number of rotatable bonds is 2. The second kappa shape index (κ2) is 3.86. The highest BCUT2D eigenvalue weighted by molar-refractivity contribution is 6.02. The molecule has 1 aromatic heterocycles. The molecule has 1 aliphatic heterocycles. The van der Waals surface area contributed by atoms with Crippen LogP contribution in [-0.2, 0) is 4.79 Å². The first-order valence-electron chi connectivity index (χ1n) is 4.79. The first-order valence-corrected chi connectivity index (χ1v) is 4.79. The lowest BCUT2D eigenvalue weighted by Gasteiger charge is -2.21. The van der Waals surface area contributed by atoms with Gasteiger partial charge in [0.2, 0.25) is 0 Å². The molecule has 1 saturated heterocycles. The molecule has 5 heteroatoms. The summed E-state index contributed by atoms with van der Waals surface area (Å²) in [7, 11) is 0. The fourth-order valence-corrected chi connectivity index (χ4v) is 1.28. The molecule has 0 unspecified atom stereocenters. The number of anilines is 1. The van der Waals surface area contributed by atoms with Crippen LogP contribution in [0.15, 0.2) is 21.8 Å². The van der Waals surface area contributed by atoms with Crippen molar-refractivity contribution in [2.24, 2.45) is 0 Å². The Hall–Kier alpha value is -1.62. The molecule has 0 aromatic carbocycles. The Balaban J connectivity index is 2.03. The molecular weight excluding hydrogens is 194 g/mol. The monoisotopic (exact) mass is 207 g/mol. The normalized spacial score (nSPS) is 14.7. The minimum Gasteiger partial charge on any atom is -0.432 e. The van der Waals surface area contributed by atoms with Crippen LogP contribution >= 0.6 is 0 Å². The van der Waals surface area contributed by atoms with Crippen LogP contribution in [0.25, 0.3) is 0 Å². The average Bonchev–Trinajstić information content (AvgIpc) is 2.48. The third-order valence-electron chi connectivity index (χ3n) is 2.39. The molecule has 1 aromatic rings. The topological polar surface area (TPSA) is 67.2 Å². The van der Waals surface area contributed by atoms with Crippen LogP contribution in [0, 0.1) is 6.92 Å². The molecular formula is C10H13N3O2. The van der Waals surface area contributed by atoms with Crippen LogP contribution in [0.4, 0.5) is 6.01 Å². The van der Waals surface area contributed by atoms with Crippen molar-refractivity contribution >= 4 is 11.9 Å². The largest absolute Gasteiger partial charge is 0.432 e. The molecule has 0 atom stereocenters. The van der Waals surface area contributed by atoms with Crippen LogP contribution in [-0.4, -0.2) is 24.0 Å². The third-order valence-corrected chi connectivity index (χ3v) is 2.39. The Kier molecular flexibility index (Phi) is 2.55. The van der Waals surface area contributed by atoms with E-state index in [1.807, 2.05) is 0 Å². The van der Waals surface area contributed by atoms with E-state index in [9.17, 15) is 4.79 Å². The highest BCUT2D eigenvalue weighted by atomic mass is 16.4. The number of hydrogen-bond donors (Lipinski definition) is 2. The van der Waals surface area contributed by atoms with E-state index in [1.165, 1.54) is 6.26 Å². The van der Waals surface area contributed by atoms with Gasteiger partial charge in [0.05, 0.1) is 5.69 Å². The summed E-state index contributed by atoms with van der Waals surface area (Å²) in [6.45, 7) is 5.20. The SMILES string of the molecule is CC(C(=O)Nc1nc(C)co1)=C1CNC1. The summed E-state index contributed by atoms with van der Waals surface area (Å²) in [6.07, 6.45) is 1.50. The first kappa shape index (κ1) is 9.92. The Bertz CT molecular complexity index is 414. The number of oxazole rings is 1. The van der Waals surface area contributed by atoms with Crippen molar-refractivity contribution in [2.45, 2.75) is 13.8 Å². The molecule has 0 spiro atoms. The number of aryl methyl sites for hydroxylation is 1. The lowest BCUT2D eigenvalue weighted by molar-refractivity contribution is -0.113. The number of carbonyl (C=O) groups is 1. The number of carbonyl (C=O) groups excluding carboxylic acids is 1. The molecule has 15 heavy (non-hydrogen) atoms. The second-order valence-corrected chi connectivity index (χ2v) is 3.58. The minimum absolute atomic E-state index is 0.145. The third kappa shape index (κ3) is 2.07. The Morgan fingerprint density at radius 2 is 2.33 bits per heavy atom. The molecule has 1 fully saturated rings. The summed E-state index contributed by atoms with van der Waals surface area (Å²) in [4.78, 5) is 15.7. The van der Waals surface area contributed by atoms with Gasteiger partial charge in [-0.2, -0.15) is 4.98 Å². The lowest BCUT2D eigenvalue weighted by atomic mass is 10.0. The van der Waals surface area contributed by atoms with Gasteiger partial charge in [-0.25, -0.2) is 0 Å². The Morgan fingerprint density at radius 1 is 1.60 bits per heavy atom.